The molecule has 3 rings (SSSR count). The van der Waals surface area contributed by atoms with Gasteiger partial charge in [-0.1, -0.05) is 30.3 Å². The van der Waals surface area contributed by atoms with Gasteiger partial charge in [0.05, 0.1) is 0 Å². The van der Waals surface area contributed by atoms with Gasteiger partial charge in [-0.25, -0.2) is 0 Å². The fraction of sp³-hybridized carbons (Fsp3) is 0.652. The van der Waals surface area contributed by atoms with Crippen LogP contribution in [-0.2, 0) is 16.0 Å². The molecule has 0 aliphatic heterocycles. The van der Waals surface area contributed by atoms with Crippen molar-refractivity contribution in [2.75, 3.05) is 14.1 Å². The third-order valence-corrected chi connectivity index (χ3v) is 6.89. The zero-order chi connectivity index (χ0) is 19.4. The summed E-state index contributed by atoms with van der Waals surface area (Å²) in [5.74, 6) is 1.06. The van der Waals surface area contributed by atoms with Crippen LogP contribution in [0, 0.1) is 11.8 Å². The summed E-state index contributed by atoms with van der Waals surface area (Å²) in [6.07, 6.45) is 7.74. The van der Waals surface area contributed by atoms with E-state index in [0.29, 0.717) is 18.4 Å². The normalized spacial score (nSPS) is 30.6. The molecule has 2 aliphatic rings. The highest BCUT2D eigenvalue weighted by molar-refractivity contribution is 5.80. The Bertz CT molecular complexity index is 642. The van der Waals surface area contributed by atoms with Crippen molar-refractivity contribution >= 4 is 11.7 Å². The van der Waals surface area contributed by atoms with Crippen LogP contribution in [0.1, 0.15) is 57.4 Å². The van der Waals surface area contributed by atoms with Gasteiger partial charge < -0.3 is 10.2 Å². The van der Waals surface area contributed by atoms with E-state index in [1.807, 2.05) is 0 Å². The number of nitrogens with zero attached hydrogens (tertiary/aromatic N) is 1. The topological polar surface area (TPSA) is 49.4 Å². The van der Waals surface area contributed by atoms with Crippen molar-refractivity contribution in [3.63, 3.8) is 0 Å². The molecule has 0 saturated heterocycles. The van der Waals surface area contributed by atoms with E-state index in [4.69, 9.17) is 0 Å². The Hall–Kier alpha value is -1.68. The number of amides is 1. The minimum atomic E-state index is 0.174. The highest BCUT2D eigenvalue weighted by Crippen LogP contribution is 2.37. The van der Waals surface area contributed by atoms with Crippen molar-refractivity contribution in [2.45, 2.75) is 69.9 Å². The van der Waals surface area contributed by atoms with Crippen LogP contribution in [0.5, 0.6) is 0 Å². The largest absolute Gasteiger partial charge is 0.353 e. The van der Waals surface area contributed by atoms with Crippen LogP contribution < -0.4 is 5.32 Å². The Balaban J connectivity index is 1.47. The van der Waals surface area contributed by atoms with Gasteiger partial charge in [0, 0.05) is 23.9 Å². The van der Waals surface area contributed by atoms with Crippen LogP contribution in [0.15, 0.2) is 30.3 Å². The van der Waals surface area contributed by atoms with Crippen LogP contribution in [0.25, 0.3) is 0 Å². The maximum absolute atomic E-state index is 12.4. The third kappa shape index (κ3) is 4.98. The number of benzene rings is 1. The summed E-state index contributed by atoms with van der Waals surface area (Å²) in [7, 11) is 4.37. The van der Waals surface area contributed by atoms with E-state index < -0.39 is 0 Å². The average molecular weight is 371 g/mol. The van der Waals surface area contributed by atoms with E-state index in [-0.39, 0.29) is 23.1 Å². The molecule has 148 valence electrons. The first kappa shape index (κ1) is 20.1. The predicted octanol–water partition coefficient (Wildman–Crippen LogP) is 3.59. The summed E-state index contributed by atoms with van der Waals surface area (Å²) in [6.45, 7) is 1.66. The molecule has 0 radical (unpaired) electrons. The monoisotopic (exact) mass is 370 g/mol. The van der Waals surface area contributed by atoms with Gasteiger partial charge in [0.15, 0.2) is 0 Å². The van der Waals surface area contributed by atoms with Crippen LogP contribution in [0.3, 0.4) is 0 Å². The van der Waals surface area contributed by atoms with Gasteiger partial charge in [0.2, 0.25) is 5.91 Å². The summed E-state index contributed by atoms with van der Waals surface area (Å²) < 4.78 is 0. The number of rotatable bonds is 7. The molecule has 4 nitrogen and oxygen atoms in total. The highest BCUT2D eigenvalue weighted by atomic mass is 16.1. The standard InChI is InChI=1S/C23H34N2O2/c1-17(26)20-13-19(14-20)15-22(27)24-21-9-11-23(12-10-21,25(2)3)16-18-7-5-4-6-8-18/h4-8,19-21H,9-16H2,1-3H3,(H,24,27). The van der Waals surface area contributed by atoms with Crippen LogP contribution in [0.2, 0.25) is 0 Å². The number of carbonyl (C=O) groups is 2. The second-order valence-electron chi connectivity index (χ2n) is 8.97. The molecule has 2 saturated carbocycles. The molecule has 1 aromatic carbocycles. The summed E-state index contributed by atoms with van der Waals surface area (Å²) in [6, 6.07) is 11.0. The second-order valence-corrected chi connectivity index (χ2v) is 8.97. The molecule has 4 heteroatoms. The summed E-state index contributed by atoms with van der Waals surface area (Å²) in [5.41, 5.74) is 1.57. The number of hydrogen-bond acceptors (Lipinski definition) is 3. The Kier molecular flexibility index (Phi) is 6.36. The first-order chi connectivity index (χ1) is 12.9. The Morgan fingerprint density at radius 2 is 1.74 bits per heavy atom. The van der Waals surface area contributed by atoms with Crippen molar-refractivity contribution in [3.8, 4) is 0 Å². The smallest absolute Gasteiger partial charge is 0.220 e. The molecule has 1 N–H and O–H groups in total. The number of likely N-dealkylation sites (N-methyl/N-ethyl adjacent to an activating group) is 1. The molecule has 0 atom stereocenters. The zero-order valence-electron chi connectivity index (χ0n) is 17.0. The second kappa shape index (κ2) is 8.55. The van der Waals surface area contributed by atoms with E-state index in [9.17, 15) is 9.59 Å². The molecule has 0 heterocycles. The SMILES string of the molecule is CC(=O)C1CC(CC(=O)NC2CCC(Cc3ccccc3)(N(C)C)CC2)C1. The molecule has 0 bridgehead atoms. The van der Waals surface area contributed by atoms with Gasteiger partial charge in [-0.3, -0.25) is 9.59 Å². The van der Waals surface area contributed by atoms with E-state index in [1.54, 1.807) is 6.92 Å². The lowest BCUT2D eigenvalue weighted by atomic mass is 9.71. The summed E-state index contributed by atoms with van der Waals surface area (Å²) in [5, 5.41) is 3.26. The summed E-state index contributed by atoms with van der Waals surface area (Å²) in [4.78, 5) is 26.1. The Morgan fingerprint density at radius 3 is 2.30 bits per heavy atom. The molecule has 0 unspecified atom stereocenters. The predicted molar refractivity (Wildman–Crippen MR) is 108 cm³/mol. The number of carbonyl (C=O) groups excluding carboxylic acids is 2. The van der Waals surface area contributed by atoms with E-state index in [0.717, 1.165) is 44.9 Å². The van der Waals surface area contributed by atoms with E-state index in [1.165, 1.54) is 5.56 Å². The van der Waals surface area contributed by atoms with Crippen molar-refractivity contribution in [1.82, 2.24) is 10.2 Å². The van der Waals surface area contributed by atoms with Gasteiger partial charge in [-0.15, -0.1) is 0 Å². The van der Waals surface area contributed by atoms with Gasteiger partial charge >= 0.3 is 0 Å². The molecule has 1 aromatic rings. The summed E-state index contributed by atoms with van der Waals surface area (Å²) >= 11 is 0. The fourth-order valence-electron chi connectivity index (χ4n) is 4.84. The van der Waals surface area contributed by atoms with Gasteiger partial charge in [-0.2, -0.15) is 0 Å². The van der Waals surface area contributed by atoms with Crippen molar-refractivity contribution in [2.24, 2.45) is 11.8 Å². The number of hydrogen-bond donors (Lipinski definition) is 1. The van der Waals surface area contributed by atoms with E-state index >= 15 is 0 Å². The molecular weight excluding hydrogens is 336 g/mol. The molecule has 27 heavy (non-hydrogen) atoms. The Labute approximate surface area is 163 Å². The molecule has 2 fully saturated rings. The quantitative estimate of drug-likeness (QED) is 0.798. The lowest BCUT2D eigenvalue weighted by Crippen LogP contribution is -2.52. The van der Waals surface area contributed by atoms with Crippen molar-refractivity contribution < 1.29 is 9.59 Å². The van der Waals surface area contributed by atoms with Gasteiger partial charge in [0.1, 0.15) is 5.78 Å². The van der Waals surface area contributed by atoms with Crippen LogP contribution in [0.4, 0.5) is 0 Å². The Morgan fingerprint density at radius 1 is 1.11 bits per heavy atom. The first-order valence-electron chi connectivity index (χ1n) is 10.4. The minimum absolute atomic E-state index is 0.174. The van der Waals surface area contributed by atoms with Crippen LogP contribution >= 0.6 is 0 Å². The lowest BCUT2D eigenvalue weighted by Gasteiger charge is -2.45. The zero-order valence-corrected chi connectivity index (χ0v) is 17.0. The number of Topliss-reactive ketones (excluding diaryl/α,β-unsaturated/α-hetero) is 1. The van der Waals surface area contributed by atoms with Gasteiger partial charge in [-0.05, 0) is 77.4 Å². The maximum Gasteiger partial charge on any atom is 0.220 e. The van der Waals surface area contributed by atoms with E-state index in [2.05, 4.69) is 54.6 Å². The minimum Gasteiger partial charge on any atom is -0.353 e. The van der Waals surface area contributed by atoms with Crippen molar-refractivity contribution in [1.29, 1.82) is 0 Å². The van der Waals surface area contributed by atoms with Crippen LogP contribution in [-0.4, -0.2) is 42.3 Å². The molecule has 2 aliphatic carbocycles. The first-order valence-corrected chi connectivity index (χ1v) is 10.4. The molecule has 0 aromatic heterocycles. The van der Waals surface area contributed by atoms with Gasteiger partial charge in [0.25, 0.3) is 0 Å². The maximum atomic E-state index is 12.4. The molecular formula is C23H34N2O2. The molecule has 0 spiro atoms. The third-order valence-electron chi connectivity index (χ3n) is 6.89. The van der Waals surface area contributed by atoms with Crippen molar-refractivity contribution in [3.05, 3.63) is 35.9 Å². The number of nitrogens with one attached hydrogen (secondary N) is 1. The fourth-order valence-corrected chi connectivity index (χ4v) is 4.84. The lowest BCUT2D eigenvalue weighted by molar-refractivity contribution is -0.129. The average Bonchev–Trinajstić information content (AvgIpc) is 2.60. The molecule has 1 amide bonds. The number of ketones is 1. The highest BCUT2D eigenvalue weighted by Gasteiger charge is 2.38.